The third-order valence-electron chi connectivity index (χ3n) is 2.22. The first kappa shape index (κ1) is 12.2. The first-order valence-corrected chi connectivity index (χ1v) is 4.55. The van der Waals surface area contributed by atoms with Gasteiger partial charge in [0, 0.05) is 0 Å². The molecular formula is C10H18O3. The lowest BCUT2D eigenvalue weighted by atomic mass is 9.94. The molecule has 0 unspecified atom stereocenters. The van der Waals surface area contributed by atoms with E-state index in [1.165, 1.54) is 25.7 Å². The second-order valence-electron chi connectivity index (χ2n) is 3.32. The predicted octanol–water partition coefficient (Wildman–Crippen LogP) is 1.96. The molecule has 0 amide bonds. The van der Waals surface area contributed by atoms with E-state index in [0.717, 1.165) is 0 Å². The second-order valence-corrected chi connectivity index (χ2v) is 3.32. The normalized spacial score (nSPS) is 16.2. The molecule has 3 heteroatoms. The van der Waals surface area contributed by atoms with Crippen molar-refractivity contribution in [3.63, 3.8) is 0 Å². The van der Waals surface area contributed by atoms with Crippen molar-refractivity contribution in [2.24, 2.45) is 0 Å². The average Bonchev–Trinajstić information content (AvgIpc) is 2.11. The van der Waals surface area contributed by atoms with E-state index < -0.39 is 12.6 Å². The average molecular weight is 186 g/mol. The van der Waals surface area contributed by atoms with E-state index in [9.17, 15) is 0 Å². The van der Waals surface area contributed by atoms with Crippen molar-refractivity contribution < 1.29 is 15.0 Å². The number of aliphatic hydroxyl groups excluding tert-OH is 1. The van der Waals surface area contributed by atoms with E-state index >= 15 is 0 Å². The van der Waals surface area contributed by atoms with Crippen LogP contribution in [0.4, 0.5) is 0 Å². The molecule has 0 heterocycles. The Hall–Kier alpha value is -0.830. The molecule has 3 nitrogen and oxygen atoms in total. The van der Waals surface area contributed by atoms with Crippen LogP contribution >= 0.6 is 0 Å². The highest BCUT2D eigenvalue weighted by atomic mass is 16.4. The zero-order chi connectivity index (χ0) is 10.3. The van der Waals surface area contributed by atoms with Gasteiger partial charge in [0.25, 0.3) is 0 Å². The fraction of sp³-hybridized carbons (Fsp3) is 0.700. The largest absolute Gasteiger partial charge is 0.480 e. The summed E-state index contributed by atoms with van der Waals surface area (Å²) < 4.78 is 0. The Morgan fingerprint density at radius 2 is 1.54 bits per heavy atom. The number of rotatable bonds is 1. The first-order valence-electron chi connectivity index (χ1n) is 4.55. The van der Waals surface area contributed by atoms with Gasteiger partial charge in [-0.1, -0.05) is 11.1 Å². The highest BCUT2D eigenvalue weighted by Crippen LogP contribution is 2.22. The topological polar surface area (TPSA) is 57.5 Å². The van der Waals surface area contributed by atoms with Crippen LogP contribution < -0.4 is 0 Å². The number of hydrogen-bond acceptors (Lipinski definition) is 2. The Bertz CT molecular complexity index is 180. The van der Waals surface area contributed by atoms with Gasteiger partial charge in [-0.05, 0) is 39.5 Å². The number of carbonyl (C=O) groups is 1. The Labute approximate surface area is 79.1 Å². The van der Waals surface area contributed by atoms with Gasteiger partial charge in [0.15, 0.2) is 0 Å². The van der Waals surface area contributed by atoms with Crippen LogP contribution in [0, 0.1) is 0 Å². The Morgan fingerprint density at radius 3 is 1.69 bits per heavy atom. The minimum atomic E-state index is -1.19. The number of hydrogen-bond donors (Lipinski definition) is 2. The molecule has 0 aromatic rings. The summed E-state index contributed by atoms with van der Waals surface area (Å²) in [6.45, 7) is 3.74. The summed E-state index contributed by atoms with van der Waals surface area (Å²) in [5.41, 5.74) is 3.27. The highest BCUT2D eigenvalue weighted by molar-refractivity contribution is 5.67. The van der Waals surface area contributed by atoms with Crippen LogP contribution in [0.1, 0.15) is 39.5 Å². The van der Waals surface area contributed by atoms with Gasteiger partial charge in [0.05, 0.1) is 0 Å². The molecular weight excluding hydrogens is 168 g/mol. The van der Waals surface area contributed by atoms with Crippen LogP contribution in [0.3, 0.4) is 0 Å². The summed E-state index contributed by atoms with van der Waals surface area (Å²) >= 11 is 0. The molecule has 1 aliphatic rings. The molecule has 0 fully saturated rings. The van der Waals surface area contributed by atoms with E-state index in [0.29, 0.717) is 0 Å². The van der Waals surface area contributed by atoms with Crippen molar-refractivity contribution >= 4 is 5.97 Å². The van der Waals surface area contributed by atoms with Crippen molar-refractivity contribution in [1.29, 1.82) is 0 Å². The Kier molecular flexibility index (Phi) is 6.24. The zero-order valence-corrected chi connectivity index (χ0v) is 8.34. The summed E-state index contributed by atoms with van der Waals surface area (Å²) in [5, 5.41) is 15.0. The monoisotopic (exact) mass is 186 g/mol. The van der Waals surface area contributed by atoms with Crippen molar-refractivity contribution in [2.45, 2.75) is 39.5 Å². The van der Waals surface area contributed by atoms with E-state index in [4.69, 9.17) is 15.0 Å². The molecule has 0 spiro atoms. The lowest BCUT2D eigenvalue weighted by Gasteiger charge is -2.12. The first-order chi connectivity index (χ1) is 6.07. The summed E-state index contributed by atoms with van der Waals surface area (Å²) in [6, 6.07) is 0. The van der Waals surface area contributed by atoms with Crippen LogP contribution in [0.25, 0.3) is 0 Å². The lowest BCUT2D eigenvalue weighted by molar-refractivity contribution is -0.140. The van der Waals surface area contributed by atoms with E-state index in [1.807, 2.05) is 0 Å². The van der Waals surface area contributed by atoms with Crippen molar-refractivity contribution in [2.75, 3.05) is 6.61 Å². The SMILES string of the molecule is CC1=C(C)CCCC1.O=C(O)CO. The van der Waals surface area contributed by atoms with Crippen molar-refractivity contribution in [1.82, 2.24) is 0 Å². The summed E-state index contributed by atoms with van der Waals surface area (Å²) in [6.07, 6.45) is 5.55. The highest BCUT2D eigenvalue weighted by Gasteiger charge is 2.02. The minimum absolute atomic E-state index is 0.778. The molecule has 0 aliphatic heterocycles. The molecule has 0 bridgehead atoms. The van der Waals surface area contributed by atoms with E-state index in [-0.39, 0.29) is 0 Å². The summed E-state index contributed by atoms with van der Waals surface area (Å²) in [7, 11) is 0. The van der Waals surface area contributed by atoms with Crippen LogP contribution in [0.5, 0.6) is 0 Å². The molecule has 1 rings (SSSR count). The van der Waals surface area contributed by atoms with Gasteiger partial charge in [-0.2, -0.15) is 0 Å². The summed E-state index contributed by atoms with van der Waals surface area (Å²) in [5.74, 6) is -1.19. The molecule has 1 aliphatic carbocycles. The fourth-order valence-electron chi connectivity index (χ4n) is 1.21. The van der Waals surface area contributed by atoms with Gasteiger partial charge in [-0.25, -0.2) is 4.79 Å². The fourth-order valence-corrected chi connectivity index (χ4v) is 1.21. The minimum Gasteiger partial charge on any atom is -0.480 e. The van der Waals surface area contributed by atoms with Crippen molar-refractivity contribution in [3.8, 4) is 0 Å². The number of carboxylic acids is 1. The molecule has 0 saturated heterocycles. The molecule has 0 aromatic heterocycles. The maximum atomic E-state index is 9.12. The number of allylic oxidation sites excluding steroid dienone is 2. The third-order valence-corrected chi connectivity index (χ3v) is 2.22. The van der Waals surface area contributed by atoms with Crippen LogP contribution in [0.2, 0.25) is 0 Å². The lowest BCUT2D eigenvalue weighted by Crippen LogP contribution is -1.98. The molecule has 0 aromatic carbocycles. The molecule has 0 radical (unpaired) electrons. The molecule has 0 atom stereocenters. The number of carboxylic acid groups (broad SMARTS) is 1. The van der Waals surface area contributed by atoms with Crippen LogP contribution in [-0.4, -0.2) is 22.8 Å². The van der Waals surface area contributed by atoms with Crippen LogP contribution in [-0.2, 0) is 4.79 Å². The standard InChI is InChI=1S/C8H14.C2H4O3/c1-7-5-3-4-6-8(7)2;3-1-2(4)5/h3-6H2,1-2H3;3H,1H2,(H,4,5). The van der Waals surface area contributed by atoms with Gasteiger partial charge in [0.1, 0.15) is 6.61 Å². The van der Waals surface area contributed by atoms with Crippen molar-refractivity contribution in [3.05, 3.63) is 11.1 Å². The van der Waals surface area contributed by atoms with Gasteiger partial charge in [0.2, 0.25) is 0 Å². The van der Waals surface area contributed by atoms with Crippen LogP contribution in [0.15, 0.2) is 11.1 Å². The van der Waals surface area contributed by atoms with E-state index in [2.05, 4.69) is 13.8 Å². The molecule has 2 N–H and O–H groups in total. The smallest absolute Gasteiger partial charge is 0.329 e. The Balaban J connectivity index is 0.000000252. The molecule has 13 heavy (non-hydrogen) atoms. The van der Waals surface area contributed by atoms with Gasteiger partial charge in [-0.15, -0.1) is 0 Å². The van der Waals surface area contributed by atoms with Gasteiger partial charge in [-0.3, -0.25) is 0 Å². The zero-order valence-electron chi connectivity index (χ0n) is 8.34. The second kappa shape index (κ2) is 6.66. The maximum Gasteiger partial charge on any atom is 0.329 e. The number of aliphatic carboxylic acids is 1. The number of aliphatic hydroxyl groups is 1. The van der Waals surface area contributed by atoms with E-state index in [1.54, 1.807) is 11.1 Å². The quantitative estimate of drug-likeness (QED) is 0.615. The Morgan fingerprint density at radius 1 is 1.23 bits per heavy atom. The van der Waals surface area contributed by atoms with Gasteiger partial charge < -0.3 is 10.2 Å². The third kappa shape index (κ3) is 6.34. The summed E-state index contributed by atoms with van der Waals surface area (Å²) in [4.78, 5) is 9.12. The predicted molar refractivity (Wildman–Crippen MR) is 51.6 cm³/mol. The molecule has 0 saturated carbocycles. The van der Waals surface area contributed by atoms with Gasteiger partial charge >= 0.3 is 5.97 Å². The molecule has 76 valence electrons. The maximum absolute atomic E-state index is 9.12.